The number of nitrogens with one attached hydrogen (secondary N) is 2. The van der Waals surface area contributed by atoms with Gasteiger partial charge >= 0.3 is 0 Å². The summed E-state index contributed by atoms with van der Waals surface area (Å²) in [6.45, 7) is 7.21. The minimum absolute atomic E-state index is 0.0182. The number of aromatic nitrogens is 3. The van der Waals surface area contributed by atoms with E-state index in [1.807, 2.05) is 6.92 Å². The first-order valence-corrected chi connectivity index (χ1v) is 6.92. The fraction of sp³-hybridized carbons (Fsp3) is 0.769. The molecule has 2 rings (SSSR count). The van der Waals surface area contributed by atoms with E-state index >= 15 is 0 Å². The predicted molar refractivity (Wildman–Crippen MR) is 70.9 cm³/mol. The number of carbonyl (C=O) groups excluding carboxylic acids is 1. The van der Waals surface area contributed by atoms with E-state index in [1.54, 1.807) is 0 Å². The first kappa shape index (κ1) is 14.0. The Morgan fingerprint density at radius 3 is 2.84 bits per heavy atom. The lowest BCUT2D eigenvalue weighted by atomic mass is 10.1. The van der Waals surface area contributed by atoms with Crippen LogP contribution in [0.2, 0.25) is 0 Å². The maximum Gasteiger partial charge on any atom is 0.291 e. The molecule has 6 heteroatoms. The number of ether oxygens (including phenoxy) is 1. The lowest BCUT2D eigenvalue weighted by Crippen LogP contribution is -2.42. The second-order valence-corrected chi connectivity index (χ2v) is 5.30. The quantitative estimate of drug-likeness (QED) is 0.783. The van der Waals surface area contributed by atoms with Crippen molar-refractivity contribution in [3.8, 4) is 0 Å². The third-order valence-electron chi connectivity index (χ3n) is 3.29. The fourth-order valence-electron chi connectivity index (χ4n) is 1.79. The maximum absolute atomic E-state index is 12.1. The maximum atomic E-state index is 12.1. The van der Waals surface area contributed by atoms with Gasteiger partial charge in [-0.05, 0) is 25.7 Å². The Bertz CT molecular complexity index is 426. The van der Waals surface area contributed by atoms with Crippen molar-refractivity contribution in [2.45, 2.75) is 45.6 Å². The summed E-state index contributed by atoms with van der Waals surface area (Å²) in [5.41, 5.74) is 0. The molecule has 1 aromatic rings. The van der Waals surface area contributed by atoms with E-state index in [0.717, 1.165) is 18.7 Å². The molecule has 19 heavy (non-hydrogen) atoms. The molecule has 0 saturated heterocycles. The third-order valence-corrected chi connectivity index (χ3v) is 3.29. The molecule has 1 aromatic heterocycles. The minimum Gasteiger partial charge on any atom is -0.380 e. The summed E-state index contributed by atoms with van der Waals surface area (Å²) in [4.78, 5) is 16.3. The van der Waals surface area contributed by atoms with E-state index in [9.17, 15) is 4.79 Å². The smallest absolute Gasteiger partial charge is 0.291 e. The van der Waals surface area contributed by atoms with Crippen LogP contribution in [0.5, 0.6) is 0 Å². The van der Waals surface area contributed by atoms with Crippen LogP contribution in [-0.4, -0.2) is 40.3 Å². The van der Waals surface area contributed by atoms with Gasteiger partial charge in [0.1, 0.15) is 5.82 Å². The monoisotopic (exact) mass is 266 g/mol. The van der Waals surface area contributed by atoms with Crippen LogP contribution in [0, 0.1) is 5.92 Å². The Morgan fingerprint density at radius 2 is 2.26 bits per heavy atom. The molecular formula is C13H22N4O2. The number of H-pyrrole nitrogens is 1. The molecule has 1 unspecified atom stereocenters. The summed E-state index contributed by atoms with van der Waals surface area (Å²) in [6.07, 6.45) is 2.27. The lowest BCUT2D eigenvalue weighted by molar-refractivity contribution is 0.0798. The van der Waals surface area contributed by atoms with Crippen LogP contribution in [0.1, 0.15) is 56.0 Å². The summed E-state index contributed by atoms with van der Waals surface area (Å²) < 4.78 is 5.38. The van der Waals surface area contributed by atoms with Crippen LogP contribution in [-0.2, 0) is 4.74 Å². The Hall–Kier alpha value is -1.43. The molecule has 1 aliphatic rings. The van der Waals surface area contributed by atoms with Crippen LogP contribution < -0.4 is 5.32 Å². The van der Waals surface area contributed by atoms with E-state index < -0.39 is 0 Å². The lowest BCUT2D eigenvalue weighted by Gasteiger charge is -2.21. The van der Waals surface area contributed by atoms with Crippen molar-refractivity contribution < 1.29 is 9.53 Å². The SMILES string of the molecule is CCOCC(NC(=O)c1n[nH]c(C2CC2)n1)C(C)C. The molecule has 1 aliphatic carbocycles. The number of aromatic amines is 1. The predicted octanol–water partition coefficient (Wildman–Crippen LogP) is 1.47. The summed E-state index contributed by atoms with van der Waals surface area (Å²) in [5.74, 6) is 1.59. The van der Waals surface area contributed by atoms with Crippen molar-refractivity contribution in [3.05, 3.63) is 11.6 Å². The number of carbonyl (C=O) groups is 1. The Morgan fingerprint density at radius 1 is 1.53 bits per heavy atom. The topological polar surface area (TPSA) is 79.9 Å². The summed E-state index contributed by atoms with van der Waals surface area (Å²) in [5, 5.41) is 9.75. The molecule has 2 N–H and O–H groups in total. The molecule has 1 heterocycles. The minimum atomic E-state index is -0.235. The zero-order valence-corrected chi connectivity index (χ0v) is 11.8. The van der Waals surface area contributed by atoms with Crippen LogP contribution in [0.15, 0.2) is 0 Å². The van der Waals surface area contributed by atoms with Gasteiger partial charge in [0.2, 0.25) is 5.82 Å². The Labute approximate surface area is 113 Å². The highest BCUT2D eigenvalue weighted by atomic mass is 16.5. The summed E-state index contributed by atoms with van der Waals surface area (Å²) in [6, 6.07) is -0.0182. The number of amides is 1. The molecule has 0 aliphatic heterocycles. The highest BCUT2D eigenvalue weighted by Crippen LogP contribution is 2.37. The van der Waals surface area contributed by atoms with Crippen LogP contribution in [0.25, 0.3) is 0 Å². The van der Waals surface area contributed by atoms with E-state index in [1.165, 1.54) is 0 Å². The van der Waals surface area contributed by atoms with Gasteiger partial charge in [0.05, 0.1) is 12.6 Å². The molecule has 1 atom stereocenters. The number of nitrogens with zero attached hydrogens (tertiary/aromatic N) is 2. The third kappa shape index (κ3) is 3.76. The molecule has 0 aromatic carbocycles. The number of hydrogen-bond acceptors (Lipinski definition) is 4. The van der Waals surface area contributed by atoms with Gasteiger partial charge in [-0.2, -0.15) is 0 Å². The van der Waals surface area contributed by atoms with Crippen LogP contribution in [0.3, 0.4) is 0 Å². The molecule has 6 nitrogen and oxygen atoms in total. The molecular weight excluding hydrogens is 244 g/mol. The van der Waals surface area contributed by atoms with Crippen LogP contribution >= 0.6 is 0 Å². The molecule has 0 bridgehead atoms. The first-order chi connectivity index (χ1) is 9.11. The highest BCUT2D eigenvalue weighted by molar-refractivity contribution is 5.90. The summed E-state index contributed by atoms with van der Waals surface area (Å²) >= 11 is 0. The van der Waals surface area contributed by atoms with Crippen LogP contribution in [0.4, 0.5) is 0 Å². The van der Waals surface area contributed by atoms with Gasteiger partial charge in [-0.15, -0.1) is 5.10 Å². The number of hydrogen-bond donors (Lipinski definition) is 2. The first-order valence-electron chi connectivity index (χ1n) is 6.92. The molecule has 106 valence electrons. The Balaban J connectivity index is 1.93. The van der Waals surface area contributed by atoms with E-state index in [0.29, 0.717) is 25.0 Å². The second kappa shape index (κ2) is 6.14. The van der Waals surface area contributed by atoms with Gasteiger partial charge in [-0.25, -0.2) is 4.98 Å². The largest absolute Gasteiger partial charge is 0.380 e. The van der Waals surface area contributed by atoms with Gasteiger partial charge < -0.3 is 10.1 Å². The van der Waals surface area contributed by atoms with Gasteiger partial charge in [0.15, 0.2) is 0 Å². The van der Waals surface area contributed by atoms with E-state index in [4.69, 9.17) is 4.74 Å². The van der Waals surface area contributed by atoms with Crippen molar-refractivity contribution in [3.63, 3.8) is 0 Å². The second-order valence-electron chi connectivity index (χ2n) is 5.30. The van der Waals surface area contributed by atoms with Gasteiger partial charge in [0, 0.05) is 12.5 Å². The van der Waals surface area contributed by atoms with Gasteiger partial charge in [0.25, 0.3) is 5.91 Å². The Kier molecular flexibility index (Phi) is 4.52. The van der Waals surface area contributed by atoms with Gasteiger partial charge in [-0.3, -0.25) is 9.89 Å². The van der Waals surface area contributed by atoms with Crippen molar-refractivity contribution in [1.29, 1.82) is 0 Å². The van der Waals surface area contributed by atoms with E-state index in [-0.39, 0.29) is 17.8 Å². The molecule has 1 fully saturated rings. The average molecular weight is 266 g/mol. The average Bonchev–Trinajstić information content (AvgIpc) is 3.11. The normalized spacial score (nSPS) is 16.6. The molecule has 1 saturated carbocycles. The van der Waals surface area contributed by atoms with Crippen molar-refractivity contribution in [1.82, 2.24) is 20.5 Å². The van der Waals surface area contributed by atoms with Crippen molar-refractivity contribution >= 4 is 5.91 Å². The summed E-state index contributed by atoms with van der Waals surface area (Å²) in [7, 11) is 0. The van der Waals surface area contributed by atoms with Gasteiger partial charge in [-0.1, -0.05) is 13.8 Å². The molecule has 1 amide bonds. The standard InChI is InChI=1S/C13H22N4O2/c1-4-19-7-10(8(2)3)14-13(18)12-15-11(16-17-12)9-5-6-9/h8-10H,4-7H2,1-3H3,(H,14,18)(H,15,16,17). The zero-order valence-electron chi connectivity index (χ0n) is 11.8. The highest BCUT2D eigenvalue weighted by Gasteiger charge is 2.28. The molecule has 0 spiro atoms. The number of rotatable bonds is 7. The van der Waals surface area contributed by atoms with Crippen molar-refractivity contribution in [2.75, 3.05) is 13.2 Å². The van der Waals surface area contributed by atoms with Crippen molar-refractivity contribution in [2.24, 2.45) is 5.92 Å². The fourth-order valence-corrected chi connectivity index (χ4v) is 1.79. The zero-order chi connectivity index (χ0) is 13.8. The molecule has 0 radical (unpaired) electrons. The van der Waals surface area contributed by atoms with E-state index in [2.05, 4.69) is 34.3 Å².